The Morgan fingerprint density at radius 3 is 2.23 bits per heavy atom. The molecule has 3 aliphatic rings. The number of piperidine rings is 1. The molecule has 0 bridgehead atoms. The smallest absolute Gasteiger partial charge is 0.408 e. The first-order valence-corrected chi connectivity index (χ1v) is 18.7. The number of amides is 3. The molecule has 1 aliphatic carbocycles. The quantitative estimate of drug-likeness (QED) is 0.306. The predicted molar refractivity (Wildman–Crippen MR) is 184 cm³/mol. The minimum atomic E-state index is -3.47. The van der Waals surface area contributed by atoms with Crippen molar-refractivity contribution < 1.29 is 27.9 Å². The molecule has 2 aliphatic heterocycles. The average Bonchev–Trinajstić information content (AvgIpc) is 3.91. The van der Waals surface area contributed by atoms with Gasteiger partial charge in [0.25, 0.3) is 0 Å². The van der Waals surface area contributed by atoms with E-state index < -0.39 is 34.1 Å². The molecule has 0 unspecified atom stereocenters. The number of nitrogens with one attached hydrogen (secondary N) is 1. The zero-order valence-electron chi connectivity index (χ0n) is 26.9. The van der Waals surface area contributed by atoms with Crippen LogP contribution >= 0.6 is 11.6 Å². The van der Waals surface area contributed by atoms with E-state index in [0.29, 0.717) is 49.1 Å². The summed E-state index contributed by atoms with van der Waals surface area (Å²) >= 11 is 6.11. The summed E-state index contributed by atoms with van der Waals surface area (Å²) in [5.74, 6) is -0.315. The van der Waals surface area contributed by atoms with E-state index in [2.05, 4.69) is 5.32 Å². The van der Waals surface area contributed by atoms with E-state index in [9.17, 15) is 27.9 Å². The van der Waals surface area contributed by atoms with Gasteiger partial charge in [-0.25, -0.2) is 13.2 Å². The summed E-state index contributed by atoms with van der Waals surface area (Å²) in [4.78, 5) is 43.1. The van der Waals surface area contributed by atoms with Gasteiger partial charge in [-0.1, -0.05) is 66.2 Å². The number of fused-ring (bicyclic) bond motifs is 1. The van der Waals surface area contributed by atoms with Crippen molar-refractivity contribution in [1.29, 1.82) is 0 Å². The van der Waals surface area contributed by atoms with Gasteiger partial charge in [0.15, 0.2) is 0 Å². The molecule has 2 fully saturated rings. The number of hydrogen-bond acceptors (Lipinski definition) is 5. The summed E-state index contributed by atoms with van der Waals surface area (Å²) in [5, 5.41) is 13.5. The van der Waals surface area contributed by atoms with E-state index in [1.165, 1.54) is 6.26 Å². The Labute approximate surface area is 286 Å². The fourth-order valence-corrected chi connectivity index (χ4v) is 8.05. The second-order valence-corrected chi connectivity index (χ2v) is 15.5. The average molecular weight is 693 g/mol. The number of carbonyl (C=O) groups excluding carboxylic acids is 2. The minimum absolute atomic E-state index is 0.0597. The SMILES string of the molecule is CS(=O)(=O)N(CC1CC1)c1ccccc1C1CCN(C(=O)[C@@H](Cc2ccc(Cl)cc2)NC(=O)[C@@H]2Cc3ccccc3CN2C(=O)O)CC1. The zero-order valence-corrected chi connectivity index (χ0v) is 28.5. The Morgan fingerprint density at radius 1 is 0.938 bits per heavy atom. The highest BCUT2D eigenvalue weighted by atomic mass is 35.5. The number of carboxylic acid groups (broad SMARTS) is 1. The van der Waals surface area contributed by atoms with Gasteiger partial charge < -0.3 is 15.3 Å². The van der Waals surface area contributed by atoms with Gasteiger partial charge in [-0.05, 0) is 78.0 Å². The highest BCUT2D eigenvalue weighted by molar-refractivity contribution is 7.92. The summed E-state index contributed by atoms with van der Waals surface area (Å²) in [6.07, 6.45) is 3.83. The number of sulfonamides is 1. The van der Waals surface area contributed by atoms with Crippen LogP contribution in [0, 0.1) is 5.92 Å². The van der Waals surface area contributed by atoms with Crippen LogP contribution < -0.4 is 9.62 Å². The molecule has 48 heavy (non-hydrogen) atoms. The van der Waals surface area contributed by atoms with Crippen molar-refractivity contribution in [1.82, 2.24) is 15.1 Å². The Balaban J connectivity index is 1.19. The molecule has 1 saturated carbocycles. The van der Waals surface area contributed by atoms with Gasteiger partial charge in [-0.3, -0.25) is 18.8 Å². The lowest BCUT2D eigenvalue weighted by molar-refractivity contribution is -0.138. The number of likely N-dealkylation sites (tertiary alicyclic amines) is 1. The highest BCUT2D eigenvalue weighted by Crippen LogP contribution is 2.38. The van der Waals surface area contributed by atoms with Crippen LogP contribution in [0.2, 0.25) is 5.02 Å². The molecule has 10 nitrogen and oxygen atoms in total. The summed E-state index contributed by atoms with van der Waals surface area (Å²) in [6, 6.07) is 20.3. The minimum Gasteiger partial charge on any atom is -0.465 e. The number of para-hydroxylation sites is 1. The van der Waals surface area contributed by atoms with Crippen LogP contribution in [0.3, 0.4) is 0 Å². The van der Waals surface area contributed by atoms with Crippen LogP contribution in [0.1, 0.15) is 53.9 Å². The van der Waals surface area contributed by atoms with Crippen LogP contribution in [-0.2, 0) is 39.0 Å². The van der Waals surface area contributed by atoms with Crippen LogP contribution in [0.25, 0.3) is 0 Å². The standard InChI is InChI=1S/C36H41ClN4O6S/c1-48(46,47)41(22-25-10-11-25)32-9-5-4-8-30(32)26-16-18-39(19-17-26)35(43)31(20-24-12-14-29(37)15-13-24)38-34(42)33-21-27-6-2-3-7-28(27)23-40(33)36(44)45/h2-9,12-15,25-26,31,33H,10-11,16-23H2,1H3,(H,38,42)(H,44,45)/t31-,33+/m1/s1. The molecule has 3 aromatic rings. The van der Waals surface area contributed by atoms with E-state index in [1.54, 1.807) is 21.3 Å². The van der Waals surface area contributed by atoms with Crippen molar-refractivity contribution >= 4 is 45.2 Å². The van der Waals surface area contributed by atoms with Crippen molar-refractivity contribution in [2.45, 2.75) is 63.1 Å². The first-order valence-electron chi connectivity index (χ1n) is 16.4. The first-order chi connectivity index (χ1) is 23.0. The lowest BCUT2D eigenvalue weighted by atomic mass is 9.87. The van der Waals surface area contributed by atoms with E-state index >= 15 is 0 Å². The van der Waals surface area contributed by atoms with Crippen molar-refractivity contribution in [3.8, 4) is 0 Å². The van der Waals surface area contributed by atoms with Crippen molar-refractivity contribution in [2.24, 2.45) is 5.92 Å². The van der Waals surface area contributed by atoms with Crippen molar-refractivity contribution in [2.75, 3.05) is 30.2 Å². The fraction of sp³-hybridized carbons (Fsp3) is 0.417. The van der Waals surface area contributed by atoms with Gasteiger partial charge in [-0.2, -0.15) is 0 Å². The van der Waals surface area contributed by atoms with Crippen molar-refractivity contribution in [3.05, 3.63) is 100 Å². The summed E-state index contributed by atoms with van der Waals surface area (Å²) in [5.41, 5.74) is 4.25. The second-order valence-electron chi connectivity index (χ2n) is 13.2. The Bertz CT molecular complexity index is 1770. The molecule has 254 valence electrons. The van der Waals surface area contributed by atoms with Crippen molar-refractivity contribution in [3.63, 3.8) is 0 Å². The molecule has 6 rings (SSSR count). The molecule has 2 atom stereocenters. The van der Waals surface area contributed by atoms with Crippen LogP contribution in [-0.4, -0.2) is 79.2 Å². The summed E-state index contributed by atoms with van der Waals surface area (Å²) in [7, 11) is -3.47. The number of rotatable bonds is 10. The maximum absolute atomic E-state index is 14.1. The van der Waals surface area contributed by atoms with Gasteiger partial charge in [0.2, 0.25) is 21.8 Å². The van der Waals surface area contributed by atoms with E-state index in [0.717, 1.165) is 40.0 Å². The van der Waals surface area contributed by atoms with Gasteiger partial charge in [0, 0.05) is 37.5 Å². The number of anilines is 1. The summed E-state index contributed by atoms with van der Waals surface area (Å²) < 4.78 is 27.2. The van der Waals surface area contributed by atoms with Crippen LogP contribution in [0.4, 0.5) is 10.5 Å². The largest absolute Gasteiger partial charge is 0.465 e. The van der Waals surface area contributed by atoms with Gasteiger partial charge in [0.1, 0.15) is 12.1 Å². The molecule has 2 heterocycles. The molecule has 1 saturated heterocycles. The predicted octanol–water partition coefficient (Wildman–Crippen LogP) is 5.05. The fourth-order valence-electron chi connectivity index (χ4n) is 6.92. The molecule has 3 aromatic carbocycles. The molecular weight excluding hydrogens is 652 g/mol. The van der Waals surface area contributed by atoms with E-state index in [4.69, 9.17) is 11.6 Å². The zero-order chi connectivity index (χ0) is 34.0. The lowest BCUT2D eigenvalue weighted by Crippen LogP contribution is -2.58. The Morgan fingerprint density at radius 2 is 1.58 bits per heavy atom. The van der Waals surface area contributed by atoms with Gasteiger partial charge >= 0.3 is 6.09 Å². The molecule has 12 heteroatoms. The number of hydrogen-bond donors (Lipinski definition) is 2. The second kappa shape index (κ2) is 14.2. The van der Waals surface area contributed by atoms with E-state index in [-0.39, 0.29) is 31.2 Å². The van der Waals surface area contributed by atoms with Gasteiger partial charge in [-0.15, -0.1) is 0 Å². The molecule has 3 amide bonds. The highest BCUT2D eigenvalue weighted by Gasteiger charge is 2.38. The third-order valence-electron chi connectivity index (χ3n) is 9.74. The molecule has 0 aromatic heterocycles. The van der Waals surface area contributed by atoms with Gasteiger partial charge in [0.05, 0.1) is 18.5 Å². The summed E-state index contributed by atoms with van der Waals surface area (Å²) in [6.45, 7) is 1.44. The number of nitrogens with zero attached hydrogens (tertiary/aromatic N) is 3. The molecule has 0 radical (unpaired) electrons. The number of benzene rings is 3. The van der Waals surface area contributed by atoms with E-state index in [1.807, 2.05) is 60.7 Å². The maximum atomic E-state index is 14.1. The monoisotopic (exact) mass is 692 g/mol. The topological polar surface area (TPSA) is 127 Å². The molecule has 2 N–H and O–H groups in total. The number of carbonyl (C=O) groups is 3. The maximum Gasteiger partial charge on any atom is 0.408 e. The lowest BCUT2D eigenvalue weighted by Gasteiger charge is -2.37. The Kier molecular flexibility index (Phi) is 9.98. The molecular formula is C36H41ClN4O6S. The molecule has 0 spiro atoms. The van der Waals surface area contributed by atoms with Crippen LogP contribution in [0.5, 0.6) is 0 Å². The number of halogens is 1. The Hall–Kier alpha value is -4.09. The third kappa shape index (κ3) is 7.79. The first kappa shape index (κ1) is 33.8. The third-order valence-corrected chi connectivity index (χ3v) is 11.1. The normalized spacial score (nSPS) is 18.9. The van der Waals surface area contributed by atoms with Crippen LogP contribution in [0.15, 0.2) is 72.8 Å².